The third kappa shape index (κ3) is 5.75. The molecule has 1 heterocycles. The Balaban J connectivity index is 1.48. The lowest BCUT2D eigenvalue weighted by molar-refractivity contribution is 0.0987. The molecule has 39 heavy (non-hydrogen) atoms. The number of benzene rings is 4. The van der Waals surface area contributed by atoms with Crippen LogP contribution in [0, 0.1) is 5.82 Å². The van der Waals surface area contributed by atoms with Gasteiger partial charge >= 0.3 is 0 Å². The second kappa shape index (κ2) is 11.0. The zero-order valence-corrected chi connectivity index (χ0v) is 23.6. The van der Waals surface area contributed by atoms with E-state index >= 15 is 0 Å². The van der Waals surface area contributed by atoms with Gasteiger partial charge < -0.3 is 0 Å². The maximum atomic E-state index is 13.6. The first-order valence-corrected chi connectivity index (χ1v) is 14.6. The van der Waals surface area contributed by atoms with Crippen LogP contribution in [0.2, 0.25) is 0 Å². The van der Waals surface area contributed by atoms with Gasteiger partial charge in [0, 0.05) is 17.1 Å². The van der Waals surface area contributed by atoms with Crippen LogP contribution in [0.5, 0.6) is 0 Å². The second-order valence-corrected chi connectivity index (χ2v) is 12.2. The lowest BCUT2D eigenvalue weighted by Crippen LogP contribution is -2.27. The Kier molecular flexibility index (Phi) is 7.56. The molecule has 0 N–H and O–H groups in total. The number of aromatic nitrogens is 1. The predicted octanol–water partition coefficient (Wildman–Crippen LogP) is 6.70. The fourth-order valence-electron chi connectivity index (χ4n) is 3.67. The maximum absolute atomic E-state index is 13.6. The van der Waals surface area contributed by atoms with Gasteiger partial charge in [-0.3, -0.25) is 9.10 Å². The number of para-hydroxylation sites is 1. The molecule has 1 amide bonds. The highest BCUT2D eigenvalue weighted by molar-refractivity contribution is 9.10. The lowest BCUT2D eigenvalue weighted by atomic mass is 10.2. The van der Waals surface area contributed by atoms with Crippen LogP contribution < -0.4 is 9.31 Å². The summed E-state index contributed by atoms with van der Waals surface area (Å²) in [5.74, 6) is -0.892. The monoisotopic (exact) mass is 622 g/mol. The molecule has 0 fully saturated rings. The Morgan fingerprint density at radius 1 is 0.974 bits per heavy atom. The van der Waals surface area contributed by atoms with Crippen molar-refractivity contribution in [3.8, 4) is 0 Å². The SMILES string of the molecule is CN(c1ccccc1)S(=O)(=O)c1ccc(C(=O)N(/N=C/c2ccc(F)cc2)c2nc3ccc(Br)cc3s2)cc1. The van der Waals surface area contributed by atoms with Crippen molar-refractivity contribution >= 4 is 70.4 Å². The number of amides is 1. The number of thiazole rings is 1. The van der Waals surface area contributed by atoms with Gasteiger partial charge in [-0.1, -0.05) is 57.6 Å². The van der Waals surface area contributed by atoms with Crippen molar-refractivity contribution in [3.63, 3.8) is 0 Å². The summed E-state index contributed by atoms with van der Waals surface area (Å²) >= 11 is 4.72. The number of carbonyl (C=O) groups is 1. The molecule has 5 rings (SSSR count). The minimum absolute atomic E-state index is 0.0385. The number of fused-ring (bicyclic) bond motifs is 1. The van der Waals surface area contributed by atoms with Crippen LogP contribution in [-0.2, 0) is 10.0 Å². The molecule has 0 bridgehead atoms. The Morgan fingerprint density at radius 2 is 1.67 bits per heavy atom. The van der Waals surface area contributed by atoms with Crippen molar-refractivity contribution in [1.82, 2.24) is 4.98 Å². The van der Waals surface area contributed by atoms with Crippen molar-refractivity contribution in [2.75, 3.05) is 16.4 Å². The molecule has 11 heteroatoms. The molecule has 0 aliphatic rings. The van der Waals surface area contributed by atoms with Gasteiger partial charge in [-0.25, -0.2) is 17.8 Å². The first kappa shape index (κ1) is 26.7. The summed E-state index contributed by atoms with van der Waals surface area (Å²) < 4.78 is 42.5. The molecular weight excluding hydrogens is 603 g/mol. The summed E-state index contributed by atoms with van der Waals surface area (Å²) in [5, 5.41) is 5.85. The lowest BCUT2D eigenvalue weighted by Gasteiger charge is -2.19. The minimum Gasteiger partial charge on any atom is -0.269 e. The average molecular weight is 624 g/mol. The molecule has 5 aromatic rings. The van der Waals surface area contributed by atoms with Crippen LogP contribution in [0.15, 0.2) is 112 Å². The Bertz CT molecular complexity index is 1780. The van der Waals surface area contributed by atoms with E-state index in [0.717, 1.165) is 14.2 Å². The number of halogens is 2. The van der Waals surface area contributed by atoms with E-state index in [4.69, 9.17) is 0 Å². The largest absolute Gasteiger partial charge is 0.280 e. The van der Waals surface area contributed by atoms with Gasteiger partial charge in [0.25, 0.3) is 15.9 Å². The molecular formula is C28H20BrFN4O3S2. The number of carbonyl (C=O) groups excluding carboxylic acids is 1. The normalized spacial score (nSPS) is 11.7. The van der Waals surface area contributed by atoms with Crippen LogP contribution in [0.25, 0.3) is 10.2 Å². The third-order valence-corrected chi connectivity index (χ3v) is 9.07. The molecule has 0 spiro atoms. The smallest absolute Gasteiger partial charge is 0.269 e. The highest BCUT2D eigenvalue weighted by Crippen LogP contribution is 2.32. The van der Waals surface area contributed by atoms with Crippen LogP contribution in [-0.4, -0.2) is 32.6 Å². The van der Waals surface area contributed by atoms with Crippen LogP contribution in [0.1, 0.15) is 15.9 Å². The van der Waals surface area contributed by atoms with Gasteiger partial charge in [0.15, 0.2) is 0 Å². The van der Waals surface area contributed by atoms with Gasteiger partial charge in [0.05, 0.1) is 27.0 Å². The van der Waals surface area contributed by atoms with Gasteiger partial charge in [-0.15, -0.1) is 0 Å². The highest BCUT2D eigenvalue weighted by Gasteiger charge is 2.24. The molecule has 0 aliphatic heterocycles. The van der Waals surface area contributed by atoms with Crippen molar-refractivity contribution in [3.05, 3.63) is 118 Å². The molecule has 7 nitrogen and oxygen atoms in total. The first-order chi connectivity index (χ1) is 18.7. The average Bonchev–Trinajstić information content (AvgIpc) is 3.37. The molecule has 4 aromatic carbocycles. The number of sulfonamides is 1. The number of hydrogen-bond donors (Lipinski definition) is 0. The quantitative estimate of drug-likeness (QED) is 0.149. The van der Waals surface area contributed by atoms with Crippen LogP contribution >= 0.6 is 27.3 Å². The van der Waals surface area contributed by atoms with E-state index in [2.05, 4.69) is 26.0 Å². The van der Waals surface area contributed by atoms with Gasteiger partial charge in [-0.2, -0.15) is 10.1 Å². The molecule has 0 atom stereocenters. The highest BCUT2D eigenvalue weighted by atomic mass is 79.9. The summed E-state index contributed by atoms with van der Waals surface area (Å²) in [7, 11) is -2.37. The number of nitrogens with zero attached hydrogens (tertiary/aromatic N) is 4. The summed E-state index contributed by atoms with van der Waals surface area (Å²) in [4.78, 5) is 18.2. The molecule has 0 radical (unpaired) electrons. The van der Waals surface area contributed by atoms with Crippen molar-refractivity contribution < 1.29 is 17.6 Å². The first-order valence-electron chi connectivity index (χ1n) is 11.6. The zero-order chi connectivity index (χ0) is 27.6. The summed E-state index contributed by atoms with van der Waals surface area (Å²) in [6, 6.07) is 25.6. The topological polar surface area (TPSA) is 82.9 Å². The molecule has 0 unspecified atom stereocenters. The number of hydrazone groups is 1. The fraction of sp³-hybridized carbons (Fsp3) is 0.0357. The van der Waals surface area contributed by atoms with E-state index < -0.39 is 15.9 Å². The molecule has 196 valence electrons. The second-order valence-electron chi connectivity index (χ2n) is 8.35. The Morgan fingerprint density at radius 3 is 2.36 bits per heavy atom. The van der Waals surface area contributed by atoms with Gasteiger partial charge in [-0.05, 0) is 72.3 Å². The van der Waals surface area contributed by atoms with Crippen molar-refractivity contribution in [1.29, 1.82) is 0 Å². The Labute approximate surface area is 237 Å². The van der Waals surface area contributed by atoms with Crippen LogP contribution in [0.3, 0.4) is 0 Å². The maximum Gasteiger partial charge on any atom is 0.280 e. The van der Waals surface area contributed by atoms with E-state index in [1.807, 2.05) is 18.2 Å². The number of hydrogen-bond acceptors (Lipinski definition) is 6. The zero-order valence-electron chi connectivity index (χ0n) is 20.4. The number of anilines is 2. The fourth-order valence-corrected chi connectivity index (χ4v) is 6.33. The Hall–Kier alpha value is -3.93. The summed E-state index contributed by atoms with van der Waals surface area (Å²) in [5.41, 5.74) is 2.01. The van der Waals surface area contributed by atoms with Gasteiger partial charge in [0.2, 0.25) is 5.13 Å². The molecule has 0 saturated carbocycles. The van der Waals surface area contributed by atoms with E-state index in [1.54, 1.807) is 42.5 Å². The van der Waals surface area contributed by atoms with Crippen LogP contribution in [0.4, 0.5) is 15.2 Å². The van der Waals surface area contributed by atoms with Crippen molar-refractivity contribution in [2.45, 2.75) is 4.90 Å². The minimum atomic E-state index is -3.84. The third-order valence-electron chi connectivity index (χ3n) is 5.78. The van der Waals surface area contributed by atoms with Crippen molar-refractivity contribution in [2.24, 2.45) is 5.10 Å². The molecule has 0 aliphatic carbocycles. The van der Waals surface area contributed by atoms with E-state index in [0.29, 0.717) is 21.9 Å². The van der Waals surface area contributed by atoms with E-state index in [1.165, 1.54) is 65.3 Å². The van der Waals surface area contributed by atoms with Gasteiger partial charge in [0.1, 0.15) is 5.82 Å². The number of rotatable bonds is 7. The standard InChI is InChI=1S/C28H20BrFN4O3S2/c1-33(23-5-3-2-4-6-23)39(36,37)24-14-9-20(10-15-24)27(35)34(31-18-19-7-12-22(30)13-8-19)28-32-25-16-11-21(29)17-26(25)38-28/h2-18H,1H3/b31-18+. The van der Waals surface area contributed by atoms with E-state index in [-0.39, 0.29) is 16.3 Å². The summed E-state index contributed by atoms with van der Waals surface area (Å²) in [6.07, 6.45) is 1.44. The van der Waals surface area contributed by atoms with E-state index in [9.17, 15) is 17.6 Å². The molecule has 1 aromatic heterocycles. The molecule has 0 saturated heterocycles. The predicted molar refractivity (Wildman–Crippen MR) is 157 cm³/mol. The summed E-state index contributed by atoms with van der Waals surface area (Å²) in [6.45, 7) is 0.